The second-order valence-corrected chi connectivity index (χ2v) is 14.1. The minimum atomic E-state index is 0. The topological polar surface area (TPSA) is 0 Å². The Labute approximate surface area is 291 Å². The van der Waals surface area contributed by atoms with Gasteiger partial charge in [-0.25, -0.2) is 6.08 Å². The summed E-state index contributed by atoms with van der Waals surface area (Å²) in [6.45, 7) is 0. The fourth-order valence-corrected chi connectivity index (χ4v) is 9.42. The van der Waals surface area contributed by atoms with E-state index in [1.54, 1.807) is 24.8 Å². The van der Waals surface area contributed by atoms with E-state index < -0.39 is 0 Å². The predicted octanol–water partition coefficient (Wildman–Crippen LogP) is 3.76. The van der Waals surface area contributed by atoms with Gasteiger partial charge in [-0.1, -0.05) is 60.1 Å². The SMILES string of the molecule is [C-]1=CC(C23CC4CC(CC(C4)C2)C3)=CC1.[Cl-].[Cl-].[Zr+2]=[C](c1ccccc1)c1ccccc1.[c-]1cccc2c1Cc1ccccc1-2. The van der Waals surface area contributed by atoms with E-state index in [0.717, 1.165) is 30.6 Å². The fraction of sp³-hybridized carbons (Fsp3) is 0.293. The minimum absolute atomic E-state index is 0. The third-order valence-electron chi connectivity index (χ3n) is 10.1. The molecule has 3 heteroatoms. The second-order valence-electron chi connectivity index (χ2n) is 12.9. The fourth-order valence-electron chi connectivity index (χ4n) is 8.60. The zero-order valence-corrected chi connectivity index (χ0v) is 29.1. The van der Waals surface area contributed by atoms with E-state index in [4.69, 9.17) is 0 Å². The molecule has 0 spiro atoms. The summed E-state index contributed by atoms with van der Waals surface area (Å²) in [6, 6.07) is 39.2. The van der Waals surface area contributed by atoms with Gasteiger partial charge in [0.15, 0.2) is 0 Å². The van der Waals surface area contributed by atoms with Gasteiger partial charge in [0, 0.05) is 0 Å². The van der Waals surface area contributed by atoms with Crippen molar-refractivity contribution >= 4 is 3.21 Å². The van der Waals surface area contributed by atoms with Crippen LogP contribution in [-0.4, -0.2) is 3.21 Å². The Morgan fingerprint density at radius 2 is 1.20 bits per heavy atom. The Bertz CT molecular complexity index is 1500. The van der Waals surface area contributed by atoms with Crippen molar-refractivity contribution in [2.45, 2.75) is 51.4 Å². The van der Waals surface area contributed by atoms with Crippen LogP contribution in [0.15, 0.2) is 121 Å². The molecule has 0 heterocycles. The monoisotopic (exact) mass is 690 g/mol. The molecule has 4 aromatic carbocycles. The molecular formula is C41H38Cl2Zr-2. The molecule has 44 heavy (non-hydrogen) atoms. The van der Waals surface area contributed by atoms with Gasteiger partial charge < -0.3 is 24.8 Å². The molecule has 0 nitrogen and oxygen atoms in total. The normalized spacial score (nSPS) is 24.2. The van der Waals surface area contributed by atoms with Crippen molar-refractivity contribution in [3.05, 3.63) is 155 Å². The van der Waals surface area contributed by atoms with Crippen LogP contribution >= 0.6 is 0 Å². The molecule has 0 aromatic heterocycles. The molecule has 6 aliphatic carbocycles. The van der Waals surface area contributed by atoms with Crippen LogP contribution in [-0.2, 0) is 30.7 Å². The van der Waals surface area contributed by atoms with Crippen molar-refractivity contribution in [2.75, 3.05) is 0 Å². The summed E-state index contributed by atoms with van der Waals surface area (Å²) in [6.07, 6.45) is 19.4. The molecule has 6 aliphatic rings. The van der Waals surface area contributed by atoms with Gasteiger partial charge in [-0.2, -0.15) is 41.5 Å². The Morgan fingerprint density at radius 1 is 0.659 bits per heavy atom. The molecule has 0 N–H and O–H groups in total. The Balaban J connectivity index is 0.000000128. The first kappa shape index (κ1) is 33.1. The summed E-state index contributed by atoms with van der Waals surface area (Å²) in [7, 11) is 0. The number of rotatable bonds is 3. The maximum absolute atomic E-state index is 3.38. The van der Waals surface area contributed by atoms with Crippen LogP contribution in [0.5, 0.6) is 0 Å². The Kier molecular flexibility index (Phi) is 11.2. The predicted molar refractivity (Wildman–Crippen MR) is 171 cm³/mol. The van der Waals surface area contributed by atoms with Crippen LogP contribution < -0.4 is 24.8 Å². The van der Waals surface area contributed by atoms with Gasteiger partial charge in [0.25, 0.3) is 0 Å². The van der Waals surface area contributed by atoms with Crippen molar-refractivity contribution in [3.63, 3.8) is 0 Å². The van der Waals surface area contributed by atoms with Crippen LogP contribution in [0.4, 0.5) is 0 Å². The quantitative estimate of drug-likeness (QED) is 0.253. The molecule has 0 aliphatic heterocycles. The number of hydrogen-bond donors (Lipinski definition) is 0. The first-order valence-corrected chi connectivity index (χ1v) is 16.9. The van der Waals surface area contributed by atoms with Gasteiger partial charge >= 0.3 is 99.2 Å². The zero-order chi connectivity index (χ0) is 28.4. The van der Waals surface area contributed by atoms with Gasteiger partial charge in [-0.3, -0.25) is 6.08 Å². The molecule has 4 aromatic rings. The maximum Gasteiger partial charge on any atom is -0.0253 e. The summed E-state index contributed by atoms with van der Waals surface area (Å²) in [5, 5.41) is 0. The van der Waals surface area contributed by atoms with Crippen molar-refractivity contribution in [1.29, 1.82) is 0 Å². The molecule has 10 rings (SSSR count). The molecule has 4 bridgehead atoms. The van der Waals surface area contributed by atoms with E-state index in [2.05, 4.69) is 121 Å². The van der Waals surface area contributed by atoms with E-state index >= 15 is 0 Å². The first-order chi connectivity index (χ1) is 20.7. The van der Waals surface area contributed by atoms with Crippen molar-refractivity contribution < 1.29 is 49.0 Å². The van der Waals surface area contributed by atoms with E-state index in [1.807, 2.05) is 6.07 Å². The number of fused-ring (bicyclic) bond motifs is 3. The second kappa shape index (κ2) is 14.9. The molecule has 0 radical (unpaired) electrons. The van der Waals surface area contributed by atoms with Crippen LogP contribution in [0.3, 0.4) is 0 Å². The van der Waals surface area contributed by atoms with Gasteiger partial charge in [-0.05, 0) is 43.4 Å². The summed E-state index contributed by atoms with van der Waals surface area (Å²) in [5.74, 6) is 3.23. The molecule has 4 fully saturated rings. The number of halogens is 2. The smallest absolute Gasteiger partial charge is 0.0253 e. The van der Waals surface area contributed by atoms with Crippen molar-refractivity contribution in [1.82, 2.24) is 0 Å². The summed E-state index contributed by atoms with van der Waals surface area (Å²) in [5.41, 5.74) is 10.5. The number of allylic oxidation sites excluding steroid dienone is 4. The number of benzene rings is 4. The third kappa shape index (κ3) is 7.07. The minimum Gasteiger partial charge on any atom is -0.179 e. The largest absolute Gasteiger partial charge is 0.179 e. The number of hydrogen-bond acceptors (Lipinski definition) is 0. The standard InChI is InChI=1S/C15H19.C13H9.C13H10.2ClH.Zr/c1-2-4-14(3-1)15-8-11-5-12(9-15)7-13(6-11)10-15;1-3-7-12-10(5-1)9-11-6-2-4-8-13(11)12;1-3-7-12(8-4-1)11-13-9-5-2-6-10-13;;;/h3-4,11-13H,1,5-10H2;1-5,7-8H,9H2;1-10H;2*1H;/q2*-1;;;;+2/p-2. The molecule has 4 saturated carbocycles. The van der Waals surface area contributed by atoms with Gasteiger partial charge in [0.05, 0.1) is 0 Å². The molecule has 0 atom stereocenters. The van der Waals surface area contributed by atoms with E-state index in [9.17, 15) is 0 Å². The first-order valence-electron chi connectivity index (χ1n) is 15.7. The molecule has 0 amide bonds. The average molecular weight is 693 g/mol. The molecular weight excluding hydrogens is 655 g/mol. The summed E-state index contributed by atoms with van der Waals surface area (Å²) in [4.78, 5) is 0. The van der Waals surface area contributed by atoms with Crippen LogP contribution in [0.25, 0.3) is 11.1 Å². The van der Waals surface area contributed by atoms with Gasteiger partial charge in [0.2, 0.25) is 0 Å². The molecule has 0 saturated heterocycles. The Hall–Kier alpha value is -2.31. The van der Waals surface area contributed by atoms with Crippen LogP contribution in [0, 0.1) is 35.3 Å². The average Bonchev–Trinajstić information content (AvgIpc) is 3.71. The molecule has 0 unspecified atom stereocenters. The van der Waals surface area contributed by atoms with E-state index in [-0.39, 0.29) is 24.8 Å². The third-order valence-corrected chi connectivity index (χ3v) is 11.5. The van der Waals surface area contributed by atoms with E-state index in [1.165, 1.54) is 80.1 Å². The molecule has 222 valence electrons. The maximum atomic E-state index is 3.38. The Morgan fingerprint density at radius 3 is 1.77 bits per heavy atom. The van der Waals surface area contributed by atoms with Crippen LogP contribution in [0.1, 0.15) is 67.2 Å². The van der Waals surface area contributed by atoms with E-state index in [0.29, 0.717) is 5.41 Å². The summed E-state index contributed by atoms with van der Waals surface area (Å²) >= 11 is 1.46. The zero-order valence-electron chi connectivity index (χ0n) is 25.1. The van der Waals surface area contributed by atoms with Crippen molar-refractivity contribution in [3.8, 4) is 11.1 Å². The van der Waals surface area contributed by atoms with Gasteiger partial charge in [0.1, 0.15) is 0 Å². The van der Waals surface area contributed by atoms with Crippen LogP contribution in [0.2, 0.25) is 0 Å². The summed E-state index contributed by atoms with van der Waals surface area (Å²) < 4.78 is 1.42. The van der Waals surface area contributed by atoms with Crippen molar-refractivity contribution in [2.24, 2.45) is 23.2 Å². The van der Waals surface area contributed by atoms with Gasteiger partial charge in [-0.15, -0.1) is 12.0 Å².